The van der Waals surface area contributed by atoms with Crippen LogP contribution in [0.4, 0.5) is 0 Å². The maximum atomic E-state index is 11.0. The largest absolute Gasteiger partial charge is 0.466 e. The van der Waals surface area contributed by atoms with Crippen molar-refractivity contribution in [2.75, 3.05) is 13.2 Å². The number of rotatable bonds is 6. The normalized spacial score (nSPS) is 11.4. The highest BCUT2D eigenvalue weighted by Crippen LogP contribution is 2.16. The van der Waals surface area contributed by atoms with Crippen molar-refractivity contribution in [3.8, 4) is 0 Å². The first-order valence-electron chi connectivity index (χ1n) is 4.81. The van der Waals surface area contributed by atoms with Crippen LogP contribution in [0.5, 0.6) is 0 Å². The molecule has 0 aliphatic heterocycles. The van der Waals surface area contributed by atoms with E-state index in [1.165, 1.54) is 0 Å². The number of esters is 1. The first-order chi connectivity index (χ1) is 6.02. The van der Waals surface area contributed by atoms with E-state index in [4.69, 9.17) is 9.47 Å². The molecule has 13 heavy (non-hydrogen) atoms. The first kappa shape index (κ1) is 12.4. The zero-order valence-electron chi connectivity index (χ0n) is 9.05. The zero-order chi connectivity index (χ0) is 10.3. The second kappa shape index (κ2) is 5.97. The Hall–Kier alpha value is -0.570. The van der Waals surface area contributed by atoms with E-state index < -0.39 is 0 Å². The summed E-state index contributed by atoms with van der Waals surface area (Å²) in [4.78, 5) is 11.0. The van der Waals surface area contributed by atoms with Crippen molar-refractivity contribution in [3.63, 3.8) is 0 Å². The average molecular weight is 188 g/mol. The second-order valence-electron chi connectivity index (χ2n) is 3.50. The third-order valence-electron chi connectivity index (χ3n) is 1.77. The molecule has 0 fully saturated rings. The Labute approximate surface area is 80.4 Å². The van der Waals surface area contributed by atoms with Gasteiger partial charge in [0.15, 0.2) is 0 Å². The number of hydrogen-bond donors (Lipinski definition) is 0. The van der Waals surface area contributed by atoms with Gasteiger partial charge in [-0.1, -0.05) is 0 Å². The van der Waals surface area contributed by atoms with Crippen molar-refractivity contribution < 1.29 is 14.3 Å². The lowest BCUT2D eigenvalue weighted by atomic mass is 10.0. The molecular formula is C10H20O3. The molecule has 0 saturated carbocycles. The molecule has 0 rings (SSSR count). The van der Waals surface area contributed by atoms with Crippen molar-refractivity contribution >= 4 is 5.97 Å². The van der Waals surface area contributed by atoms with E-state index in [0.29, 0.717) is 26.1 Å². The van der Waals surface area contributed by atoms with Crippen molar-refractivity contribution in [3.05, 3.63) is 0 Å². The average Bonchev–Trinajstić information content (AvgIpc) is 2.02. The van der Waals surface area contributed by atoms with Crippen molar-refractivity contribution in [2.24, 2.45) is 0 Å². The number of hydrogen-bond acceptors (Lipinski definition) is 3. The van der Waals surface area contributed by atoms with Crippen LogP contribution < -0.4 is 0 Å². The van der Waals surface area contributed by atoms with Gasteiger partial charge in [0, 0.05) is 13.0 Å². The maximum absolute atomic E-state index is 11.0. The van der Waals surface area contributed by atoms with Crippen LogP contribution in [0.3, 0.4) is 0 Å². The fraction of sp³-hybridized carbons (Fsp3) is 0.900. The molecule has 0 aromatic heterocycles. The van der Waals surface area contributed by atoms with Gasteiger partial charge in [-0.05, 0) is 34.1 Å². The third kappa shape index (κ3) is 6.58. The van der Waals surface area contributed by atoms with Crippen LogP contribution in [0, 0.1) is 0 Å². The molecule has 3 nitrogen and oxygen atoms in total. The van der Waals surface area contributed by atoms with Crippen LogP contribution in [-0.2, 0) is 14.3 Å². The topological polar surface area (TPSA) is 35.5 Å². The molecule has 3 heteroatoms. The Balaban J connectivity index is 3.67. The molecule has 78 valence electrons. The van der Waals surface area contributed by atoms with E-state index in [1.54, 1.807) is 0 Å². The molecule has 0 radical (unpaired) electrons. The van der Waals surface area contributed by atoms with Gasteiger partial charge in [-0.3, -0.25) is 4.79 Å². The Morgan fingerprint density at radius 1 is 1.23 bits per heavy atom. The van der Waals surface area contributed by atoms with Crippen molar-refractivity contribution in [2.45, 2.75) is 46.1 Å². The van der Waals surface area contributed by atoms with Crippen LogP contribution in [-0.4, -0.2) is 24.8 Å². The Kier molecular flexibility index (Phi) is 5.71. The van der Waals surface area contributed by atoms with Crippen LogP contribution in [0.1, 0.15) is 40.5 Å². The summed E-state index contributed by atoms with van der Waals surface area (Å²) < 4.78 is 10.3. The standard InChI is InChI=1S/C10H20O3/c1-5-12-9(11)7-8-10(3,4)13-6-2/h5-8H2,1-4H3. The summed E-state index contributed by atoms with van der Waals surface area (Å²) in [6.45, 7) is 8.85. The molecule has 0 spiro atoms. The SMILES string of the molecule is CCOC(=O)CCC(C)(C)OCC. The van der Waals surface area contributed by atoms with Crippen LogP contribution in [0.15, 0.2) is 0 Å². The van der Waals surface area contributed by atoms with E-state index in [9.17, 15) is 4.79 Å². The van der Waals surface area contributed by atoms with Crippen molar-refractivity contribution in [1.82, 2.24) is 0 Å². The summed E-state index contributed by atoms with van der Waals surface area (Å²) in [5.41, 5.74) is -0.221. The van der Waals surface area contributed by atoms with E-state index in [0.717, 1.165) is 0 Å². The number of carbonyl (C=O) groups excluding carboxylic acids is 1. The molecule has 0 N–H and O–H groups in total. The quantitative estimate of drug-likeness (QED) is 0.599. The third-order valence-corrected chi connectivity index (χ3v) is 1.77. The molecule has 0 aromatic carbocycles. The lowest BCUT2D eigenvalue weighted by Crippen LogP contribution is -2.25. The maximum Gasteiger partial charge on any atom is 0.305 e. The zero-order valence-corrected chi connectivity index (χ0v) is 9.05. The molecule has 0 atom stereocenters. The van der Waals surface area contributed by atoms with Gasteiger partial charge in [-0.2, -0.15) is 0 Å². The lowest BCUT2D eigenvalue weighted by molar-refractivity contribution is -0.144. The molecule has 0 aliphatic rings. The van der Waals surface area contributed by atoms with Gasteiger partial charge in [0.05, 0.1) is 12.2 Å². The van der Waals surface area contributed by atoms with Crippen LogP contribution in [0.25, 0.3) is 0 Å². The summed E-state index contributed by atoms with van der Waals surface area (Å²) in [5, 5.41) is 0. The minimum atomic E-state index is -0.221. The van der Waals surface area contributed by atoms with Gasteiger partial charge in [0.1, 0.15) is 0 Å². The first-order valence-corrected chi connectivity index (χ1v) is 4.81. The smallest absolute Gasteiger partial charge is 0.305 e. The minimum Gasteiger partial charge on any atom is -0.466 e. The highest BCUT2D eigenvalue weighted by Gasteiger charge is 2.19. The summed E-state index contributed by atoms with van der Waals surface area (Å²) >= 11 is 0. The molecule has 0 aromatic rings. The fourth-order valence-electron chi connectivity index (χ4n) is 1.10. The second-order valence-corrected chi connectivity index (χ2v) is 3.50. The molecule has 0 unspecified atom stereocenters. The summed E-state index contributed by atoms with van der Waals surface area (Å²) in [7, 11) is 0. The van der Waals surface area contributed by atoms with Gasteiger partial charge in [0.25, 0.3) is 0 Å². The van der Waals surface area contributed by atoms with Gasteiger partial charge >= 0.3 is 5.97 Å². The van der Waals surface area contributed by atoms with Crippen LogP contribution in [0.2, 0.25) is 0 Å². The predicted molar refractivity (Wildman–Crippen MR) is 51.6 cm³/mol. The number of carbonyl (C=O) groups is 1. The van der Waals surface area contributed by atoms with E-state index >= 15 is 0 Å². The number of ether oxygens (including phenoxy) is 2. The summed E-state index contributed by atoms with van der Waals surface area (Å²) in [6.07, 6.45) is 1.14. The van der Waals surface area contributed by atoms with Crippen molar-refractivity contribution in [1.29, 1.82) is 0 Å². The highest BCUT2D eigenvalue weighted by atomic mass is 16.5. The molecule has 0 bridgehead atoms. The lowest BCUT2D eigenvalue weighted by Gasteiger charge is -2.23. The van der Waals surface area contributed by atoms with E-state index in [1.807, 2.05) is 27.7 Å². The Morgan fingerprint density at radius 3 is 2.31 bits per heavy atom. The van der Waals surface area contributed by atoms with Gasteiger partial charge < -0.3 is 9.47 Å². The fourth-order valence-corrected chi connectivity index (χ4v) is 1.10. The molecule has 0 saturated heterocycles. The Morgan fingerprint density at radius 2 is 1.85 bits per heavy atom. The highest BCUT2D eigenvalue weighted by molar-refractivity contribution is 5.69. The van der Waals surface area contributed by atoms with Gasteiger partial charge in [0.2, 0.25) is 0 Å². The van der Waals surface area contributed by atoms with E-state index in [2.05, 4.69) is 0 Å². The van der Waals surface area contributed by atoms with Gasteiger partial charge in [-0.25, -0.2) is 0 Å². The predicted octanol–water partition coefficient (Wildman–Crippen LogP) is 2.14. The summed E-state index contributed by atoms with van der Waals surface area (Å²) in [6, 6.07) is 0. The molecule has 0 heterocycles. The molecular weight excluding hydrogens is 168 g/mol. The van der Waals surface area contributed by atoms with E-state index in [-0.39, 0.29) is 11.6 Å². The molecule has 0 amide bonds. The van der Waals surface area contributed by atoms with Gasteiger partial charge in [-0.15, -0.1) is 0 Å². The summed E-state index contributed by atoms with van der Waals surface area (Å²) in [5.74, 6) is -0.143. The minimum absolute atomic E-state index is 0.143. The van der Waals surface area contributed by atoms with Crippen LogP contribution >= 0.6 is 0 Å². The molecule has 0 aliphatic carbocycles. The Bertz CT molecular complexity index is 152. The monoisotopic (exact) mass is 188 g/mol.